The maximum atomic E-state index is 12.2. The van der Waals surface area contributed by atoms with E-state index in [1.807, 2.05) is 19.1 Å². The maximum Gasteiger partial charge on any atom is 0.238 e. The quantitative estimate of drug-likeness (QED) is 0.720. The lowest BCUT2D eigenvalue weighted by atomic mass is 10.1. The number of anilines is 2. The minimum absolute atomic E-state index is 0.0484. The van der Waals surface area contributed by atoms with E-state index >= 15 is 0 Å². The average molecular weight is 293 g/mol. The smallest absolute Gasteiger partial charge is 0.238 e. The van der Waals surface area contributed by atoms with Crippen LogP contribution in [0.1, 0.15) is 19.4 Å². The fourth-order valence-corrected chi connectivity index (χ4v) is 2.21. The number of nitrogen functional groups attached to an aromatic ring is 1. The van der Waals surface area contributed by atoms with E-state index in [9.17, 15) is 4.79 Å². The van der Waals surface area contributed by atoms with Gasteiger partial charge in [-0.25, -0.2) is 0 Å². The molecule has 1 aromatic rings. The van der Waals surface area contributed by atoms with Crippen LogP contribution in [0.5, 0.6) is 0 Å². The molecule has 5 nitrogen and oxygen atoms in total. The Morgan fingerprint density at radius 1 is 1.43 bits per heavy atom. The average Bonchev–Trinajstić information content (AvgIpc) is 2.40. The molecule has 118 valence electrons. The lowest BCUT2D eigenvalue weighted by molar-refractivity contribution is -0.117. The first-order valence-electron chi connectivity index (χ1n) is 7.30. The number of amides is 1. The van der Waals surface area contributed by atoms with E-state index in [4.69, 9.17) is 10.5 Å². The fraction of sp³-hybridized carbons (Fsp3) is 0.562. The predicted octanol–water partition coefficient (Wildman–Crippen LogP) is 2.12. The number of carbonyl (C=O) groups excluding carboxylic acids is 1. The Bertz CT molecular complexity index is 441. The minimum atomic E-state index is -0.0484. The van der Waals surface area contributed by atoms with Gasteiger partial charge in [-0.1, -0.05) is 26.0 Å². The molecule has 5 heteroatoms. The number of rotatable bonds is 8. The van der Waals surface area contributed by atoms with E-state index in [1.165, 1.54) is 0 Å². The molecule has 0 radical (unpaired) electrons. The summed E-state index contributed by atoms with van der Waals surface area (Å²) < 4.78 is 5.10. The number of nitrogens with one attached hydrogen (secondary N) is 1. The number of nitrogens with zero attached hydrogens (tertiary/aromatic N) is 1. The van der Waals surface area contributed by atoms with Gasteiger partial charge >= 0.3 is 0 Å². The van der Waals surface area contributed by atoms with E-state index in [2.05, 4.69) is 24.1 Å². The van der Waals surface area contributed by atoms with Crippen LogP contribution in [0.2, 0.25) is 0 Å². The van der Waals surface area contributed by atoms with Crippen molar-refractivity contribution in [1.29, 1.82) is 0 Å². The molecule has 0 aliphatic rings. The van der Waals surface area contributed by atoms with Gasteiger partial charge in [-0.3, -0.25) is 9.69 Å². The van der Waals surface area contributed by atoms with E-state index in [0.717, 1.165) is 18.7 Å². The van der Waals surface area contributed by atoms with Gasteiger partial charge in [-0.15, -0.1) is 0 Å². The van der Waals surface area contributed by atoms with Crippen molar-refractivity contribution in [1.82, 2.24) is 4.90 Å². The van der Waals surface area contributed by atoms with Crippen molar-refractivity contribution in [3.05, 3.63) is 23.8 Å². The Morgan fingerprint density at radius 3 is 2.71 bits per heavy atom. The summed E-state index contributed by atoms with van der Waals surface area (Å²) in [5, 5.41) is 2.91. The number of nitrogens with two attached hydrogens (primary N) is 1. The van der Waals surface area contributed by atoms with E-state index in [-0.39, 0.29) is 5.91 Å². The molecule has 1 amide bonds. The van der Waals surface area contributed by atoms with Gasteiger partial charge in [0.15, 0.2) is 0 Å². The van der Waals surface area contributed by atoms with Gasteiger partial charge in [0, 0.05) is 20.2 Å². The van der Waals surface area contributed by atoms with Crippen molar-refractivity contribution < 1.29 is 9.53 Å². The number of methoxy groups -OCH3 is 1. The number of benzene rings is 1. The molecule has 0 saturated carbocycles. The van der Waals surface area contributed by atoms with Gasteiger partial charge in [-0.05, 0) is 24.5 Å². The Labute approximate surface area is 127 Å². The third-order valence-electron chi connectivity index (χ3n) is 3.17. The number of aryl methyl sites for hydroxylation is 1. The van der Waals surface area contributed by atoms with Crippen molar-refractivity contribution in [3.63, 3.8) is 0 Å². The summed E-state index contributed by atoms with van der Waals surface area (Å²) in [4.78, 5) is 14.3. The van der Waals surface area contributed by atoms with Crippen molar-refractivity contribution in [2.75, 3.05) is 44.4 Å². The van der Waals surface area contributed by atoms with Crippen LogP contribution in [-0.2, 0) is 9.53 Å². The molecule has 1 rings (SSSR count). The molecule has 3 N–H and O–H groups in total. The van der Waals surface area contributed by atoms with Crippen LogP contribution in [-0.4, -0.2) is 44.2 Å². The molecule has 0 fully saturated rings. The minimum Gasteiger partial charge on any atom is -0.397 e. The lowest BCUT2D eigenvalue weighted by Gasteiger charge is -2.23. The molecule has 21 heavy (non-hydrogen) atoms. The maximum absolute atomic E-state index is 12.2. The molecule has 0 aliphatic carbocycles. The summed E-state index contributed by atoms with van der Waals surface area (Å²) in [5.41, 5.74) is 8.18. The predicted molar refractivity (Wildman–Crippen MR) is 87.4 cm³/mol. The number of carbonyl (C=O) groups is 1. The summed E-state index contributed by atoms with van der Waals surface area (Å²) in [7, 11) is 1.67. The SMILES string of the molecule is COCCN(CC(=O)Nc1c(C)cccc1N)CC(C)C. The number of hydrogen-bond acceptors (Lipinski definition) is 4. The number of hydrogen-bond donors (Lipinski definition) is 2. The molecule has 0 spiro atoms. The summed E-state index contributed by atoms with van der Waals surface area (Å²) in [6.45, 7) is 8.77. The summed E-state index contributed by atoms with van der Waals surface area (Å²) in [6.07, 6.45) is 0. The van der Waals surface area contributed by atoms with Crippen LogP contribution in [0.4, 0.5) is 11.4 Å². The van der Waals surface area contributed by atoms with Crippen molar-refractivity contribution in [3.8, 4) is 0 Å². The Hall–Kier alpha value is -1.59. The molecule has 0 aromatic heterocycles. The van der Waals surface area contributed by atoms with Gasteiger partial charge in [0.1, 0.15) is 0 Å². The Balaban J connectivity index is 2.64. The Kier molecular flexibility index (Phi) is 7.19. The normalized spacial score (nSPS) is 11.1. The largest absolute Gasteiger partial charge is 0.397 e. The number of para-hydroxylation sites is 1. The van der Waals surface area contributed by atoms with Crippen molar-refractivity contribution in [2.45, 2.75) is 20.8 Å². The van der Waals surface area contributed by atoms with Crippen LogP contribution in [0, 0.1) is 12.8 Å². The standard InChI is InChI=1S/C16H27N3O2/c1-12(2)10-19(8-9-21-4)11-15(20)18-16-13(3)6-5-7-14(16)17/h5-7,12H,8-11,17H2,1-4H3,(H,18,20). The molecule has 0 saturated heterocycles. The van der Waals surface area contributed by atoms with Crippen LogP contribution < -0.4 is 11.1 Å². The van der Waals surface area contributed by atoms with Gasteiger partial charge in [0.25, 0.3) is 0 Å². The molecule has 0 bridgehead atoms. The van der Waals surface area contributed by atoms with Gasteiger partial charge < -0.3 is 15.8 Å². The topological polar surface area (TPSA) is 67.6 Å². The molecule has 0 unspecified atom stereocenters. The van der Waals surface area contributed by atoms with Gasteiger partial charge in [0.05, 0.1) is 24.5 Å². The third-order valence-corrected chi connectivity index (χ3v) is 3.17. The van der Waals surface area contributed by atoms with Gasteiger partial charge in [0.2, 0.25) is 5.91 Å². The zero-order valence-corrected chi connectivity index (χ0v) is 13.5. The molecular weight excluding hydrogens is 266 g/mol. The van der Waals surface area contributed by atoms with Crippen molar-refractivity contribution in [2.24, 2.45) is 5.92 Å². The second-order valence-electron chi connectivity index (χ2n) is 5.71. The fourth-order valence-electron chi connectivity index (χ4n) is 2.21. The highest BCUT2D eigenvalue weighted by molar-refractivity contribution is 5.96. The first-order chi connectivity index (χ1) is 9.93. The molecule has 0 aliphatic heterocycles. The first-order valence-corrected chi connectivity index (χ1v) is 7.30. The Morgan fingerprint density at radius 2 is 2.14 bits per heavy atom. The van der Waals surface area contributed by atoms with Crippen LogP contribution in [0.25, 0.3) is 0 Å². The lowest BCUT2D eigenvalue weighted by Crippen LogP contribution is -2.38. The monoisotopic (exact) mass is 293 g/mol. The molecule has 1 aromatic carbocycles. The summed E-state index contributed by atoms with van der Waals surface area (Å²) in [5.74, 6) is 0.450. The highest BCUT2D eigenvalue weighted by atomic mass is 16.5. The van der Waals surface area contributed by atoms with Crippen LogP contribution in [0.15, 0.2) is 18.2 Å². The van der Waals surface area contributed by atoms with Crippen molar-refractivity contribution >= 4 is 17.3 Å². The summed E-state index contributed by atoms with van der Waals surface area (Å²) in [6, 6.07) is 5.60. The summed E-state index contributed by atoms with van der Waals surface area (Å²) >= 11 is 0. The van der Waals surface area contributed by atoms with E-state index < -0.39 is 0 Å². The van der Waals surface area contributed by atoms with Crippen LogP contribution in [0.3, 0.4) is 0 Å². The highest BCUT2D eigenvalue weighted by Gasteiger charge is 2.14. The second kappa shape index (κ2) is 8.64. The van der Waals surface area contributed by atoms with E-state index in [0.29, 0.717) is 30.4 Å². The third kappa shape index (κ3) is 6.14. The zero-order valence-electron chi connectivity index (χ0n) is 13.5. The van der Waals surface area contributed by atoms with Gasteiger partial charge in [-0.2, -0.15) is 0 Å². The zero-order chi connectivity index (χ0) is 15.8. The molecule has 0 heterocycles. The van der Waals surface area contributed by atoms with Crippen LogP contribution >= 0.6 is 0 Å². The second-order valence-corrected chi connectivity index (χ2v) is 5.71. The molecule has 0 atom stereocenters. The highest BCUT2D eigenvalue weighted by Crippen LogP contribution is 2.22. The van der Waals surface area contributed by atoms with E-state index in [1.54, 1.807) is 13.2 Å². The first kappa shape index (κ1) is 17.5. The number of ether oxygens (including phenoxy) is 1. The molecular formula is C16H27N3O2.